The Bertz CT molecular complexity index is 1880. The third-order valence-electron chi connectivity index (χ3n) is 7.08. The van der Waals surface area contributed by atoms with Gasteiger partial charge in [-0.15, -0.1) is 0 Å². The number of aromatic nitrogens is 1. The van der Waals surface area contributed by atoms with Crippen molar-refractivity contribution in [1.29, 1.82) is 0 Å². The van der Waals surface area contributed by atoms with E-state index >= 15 is 0 Å². The van der Waals surface area contributed by atoms with E-state index in [4.69, 9.17) is 16.0 Å². The highest BCUT2D eigenvalue weighted by atomic mass is 35.5. The topological polar surface area (TPSA) is 111 Å². The van der Waals surface area contributed by atoms with Crippen molar-refractivity contribution in [1.82, 2.24) is 9.47 Å². The molecule has 0 saturated heterocycles. The minimum Gasteiger partial charge on any atom is -0.457 e. The zero-order valence-electron chi connectivity index (χ0n) is 22.9. The molecule has 41 heavy (non-hydrogen) atoms. The Morgan fingerprint density at radius 2 is 1.85 bits per heavy atom. The van der Waals surface area contributed by atoms with Crippen LogP contribution < -0.4 is 14.9 Å². The van der Waals surface area contributed by atoms with Gasteiger partial charge in [0.15, 0.2) is 4.80 Å². The molecule has 5 rings (SSSR count). The highest BCUT2D eigenvalue weighted by Gasteiger charge is 2.34. The van der Waals surface area contributed by atoms with Crippen LogP contribution in [0.2, 0.25) is 5.02 Å². The lowest BCUT2D eigenvalue weighted by molar-refractivity contribution is -0.385. The molecule has 0 spiro atoms. The molecule has 0 saturated carbocycles. The summed E-state index contributed by atoms with van der Waals surface area (Å²) < 4.78 is 7.89. The lowest BCUT2D eigenvalue weighted by Gasteiger charge is -2.29. The molecular weight excluding hydrogens is 564 g/mol. The van der Waals surface area contributed by atoms with Crippen LogP contribution in [0, 0.1) is 17.0 Å². The summed E-state index contributed by atoms with van der Waals surface area (Å²) in [5, 5.41) is 11.9. The molecule has 0 radical (unpaired) electrons. The van der Waals surface area contributed by atoms with E-state index in [9.17, 15) is 19.7 Å². The van der Waals surface area contributed by atoms with Gasteiger partial charge < -0.3 is 9.32 Å². The summed E-state index contributed by atoms with van der Waals surface area (Å²) in [6, 6.07) is 14.7. The fraction of sp³-hybridized carbons (Fsp3) is 0.233. The van der Waals surface area contributed by atoms with E-state index in [1.165, 1.54) is 17.4 Å². The molecule has 0 bridgehead atoms. The molecule has 0 unspecified atom stereocenters. The van der Waals surface area contributed by atoms with Crippen molar-refractivity contribution >= 4 is 40.6 Å². The number of carbonyl (C=O) groups excluding carboxylic acids is 1. The first-order chi connectivity index (χ1) is 19.6. The van der Waals surface area contributed by atoms with Crippen LogP contribution in [0.1, 0.15) is 43.7 Å². The number of carbonyl (C=O) groups is 1. The molecule has 210 valence electrons. The van der Waals surface area contributed by atoms with Crippen molar-refractivity contribution in [3.63, 3.8) is 0 Å². The van der Waals surface area contributed by atoms with Gasteiger partial charge in [0.1, 0.15) is 11.5 Å². The number of hydrogen-bond donors (Lipinski definition) is 0. The van der Waals surface area contributed by atoms with Gasteiger partial charge in [0.2, 0.25) is 0 Å². The van der Waals surface area contributed by atoms with Gasteiger partial charge in [-0.05, 0) is 57.5 Å². The number of fused-ring (bicyclic) bond motifs is 1. The minimum absolute atomic E-state index is 0.00129. The van der Waals surface area contributed by atoms with Crippen LogP contribution in [0.15, 0.2) is 80.1 Å². The quantitative estimate of drug-likeness (QED) is 0.216. The summed E-state index contributed by atoms with van der Waals surface area (Å²) >= 11 is 7.36. The number of hydrogen-bond acceptors (Lipinski definition) is 7. The zero-order chi connectivity index (χ0) is 29.4. The molecule has 4 aromatic rings. The highest BCUT2D eigenvalue weighted by Crippen LogP contribution is 2.32. The minimum atomic E-state index is -0.681. The predicted molar refractivity (Wildman–Crippen MR) is 159 cm³/mol. The molecule has 0 N–H and O–H groups in total. The Kier molecular flexibility index (Phi) is 7.79. The van der Waals surface area contributed by atoms with Gasteiger partial charge in [-0.2, -0.15) is 0 Å². The number of benzene rings is 2. The molecule has 9 nitrogen and oxygen atoms in total. The van der Waals surface area contributed by atoms with Crippen molar-refractivity contribution in [3.05, 3.63) is 118 Å². The van der Waals surface area contributed by atoms with Crippen LogP contribution in [0.5, 0.6) is 0 Å². The lowest BCUT2D eigenvalue weighted by Crippen LogP contribution is -2.43. The van der Waals surface area contributed by atoms with Gasteiger partial charge in [0, 0.05) is 41.4 Å². The van der Waals surface area contributed by atoms with Gasteiger partial charge >= 0.3 is 0 Å². The second kappa shape index (κ2) is 11.3. The lowest BCUT2D eigenvalue weighted by atomic mass is 9.94. The van der Waals surface area contributed by atoms with Gasteiger partial charge in [-0.25, -0.2) is 4.99 Å². The van der Waals surface area contributed by atoms with Gasteiger partial charge in [0.05, 0.1) is 26.8 Å². The molecule has 1 amide bonds. The maximum Gasteiger partial charge on any atom is 0.273 e. The maximum atomic E-state index is 13.9. The Labute approximate surface area is 244 Å². The Hall–Kier alpha value is -4.28. The van der Waals surface area contributed by atoms with Crippen LogP contribution in [0.25, 0.3) is 17.4 Å². The number of halogens is 1. The van der Waals surface area contributed by atoms with Crippen molar-refractivity contribution in [2.75, 3.05) is 13.1 Å². The summed E-state index contributed by atoms with van der Waals surface area (Å²) in [4.78, 5) is 45.4. The number of nitro groups is 1. The molecule has 1 aliphatic rings. The zero-order valence-corrected chi connectivity index (χ0v) is 24.5. The Morgan fingerprint density at radius 3 is 2.51 bits per heavy atom. The molecule has 1 atom stereocenters. The third-order valence-corrected chi connectivity index (χ3v) is 8.31. The number of rotatable bonds is 7. The average molecular weight is 591 g/mol. The fourth-order valence-electron chi connectivity index (χ4n) is 4.91. The maximum absolute atomic E-state index is 13.9. The van der Waals surface area contributed by atoms with Crippen molar-refractivity contribution < 1.29 is 14.1 Å². The summed E-state index contributed by atoms with van der Waals surface area (Å²) in [5.41, 5.74) is 2.54. The average Bonchev–Trinajstić information content (AvgIpc) is 3.53. The van der Waals surface area contributed by atoms with Crippen molar-refractivity contribution in [2.45, 2.75) is 33.7 Å². The molecule has 0 fully saturated rings. The van der Waals surface area contributed by atoms with Crippen molar-refractivity contribution in [3.8, 4) is 11.3 Å². The van der Waals surface area contributed by atoms with Gasteiger partial charge in [-0.1, -0.05) is 47.2 Å². The second-order valence-corrected chi connectivity index (χ2v) is 11.0. The van der Waals surface area contributed by atoms with E-state index in [0.717, 1.165) is 5.56 Å². The summed E-state index contributed by atoms with van der Waals surface area (Å²) in [5.74, 6) is 0.675. The Balaban J connectivity index is 1.62. The number of furan rings is 1. The number of thiazole rings is 1. The van der Waals surface area contributed by atoms with Crippen LogP contribution >= 0.6 is 22.9 Å². The third kappa shape index (κ3) is 5.28. The van der Waals surface area contributed by atoms with E-state index < -0.39 is 11.0 Å². The number of nitrogens with zero attached hydrogens (tertiary/aromatic N) is 4. The summed E-state index contributed by atoms with van der Waals surface area (Å²) in [6.07, 6.45) is 1.63. The molecule has 2 aromatic carbocycles. The van der Waals surface area contributed by atoms with E-state index in [-0.39, 0.29) is 17.2 Å². The van der Waals surface area contributed by atoms with Crippen LogP contribution in [-0.2, 0) is 4.79 Å². The van der Waals surface area contributed by atoms with E-state index in [2.05, 4.69) is 4.99 Å². The standard InChI is InChI=1S/C30H27ClN4O5S/c1-5-33(6-2)29(37)26-18(4)32-30-34(27(26)19-9-11-21(31)12-10-19)28(36)25(41-30)16-22-13-14-24(40-22)20-8-7-17(3)23(15-20)35(38)39/h7-16,27H,5-6H2,1-4H3/b25-16+/t27-/m0/s1. The smallest absolute Gasteiger partial charge is 0.273 e. The van der Waals surface area contributed by atoms with E-state index in [0.29, 0.717) is 61.4 Å². The number of likely N-dealkylation sites (N-methyl/N-ethyl adjacent to an activating group) is 1. The predicted octanol–water partition coefficient (Wildman–Crippen LogP) is 5.23. The summed E-state index contributed by atoms with van der Waals surface area (Å²) in [7, 11) is 0. The van der Waals surface area contributed by atoms with Crippen LogP contribution in [0.3, 0.4) is 0 Å². The van der Waals surface area contributed by atoms with E-state index in [1.54, 1.807) is 65.8 Å². The first-order valence-corrected chi connectivity index (χ1v) is 14.2. The fourth-order valence-corrected chi connectivity index (χ4v) is 6.06. The molecule has 1 aliphatic heterocycles. The largest absolute Gasteiger partial charge is 0.457 e. The van der Waals surface area contributed by atoms with Crippen molar-refractivity contribution in [2.24, 2.45) is 4.99 Å². The molecule has 3 heterocycles. The molecule has 2 aromatic heterocycles. The van der Waals surface area contributed by atoms with Gasteiger partial charge in [-0.3, -0.25) is 24.3 Å². The number of nitro benzene ring substituents is 1. The first kappa shape index (κ1) is 28.3. The highest BCUT2D eigenvalue weighted by molar-refractivity contribution is 7.07. The van der Waals surface area contributed by atoms with Gasteiger partial charge in [0.25, 0.3) is 17.2 Å². The number of amides is 1. The second-order valence-electron chi connectivity index (χ2n) is 9.57. The van der Waals surface area contributed by atoms with Crippen LogP contribution in [0.4, 0.5) is 5.69 Å². The molecule has 11 heteroatoms. The number of aryl methyl sites for hydroxylation is 1. The van der Waals surface area contributed by atoms with E-state index in [1.807, 2.05) is 26.0 Å². The molecular formula is C30H27ClN4O5S. The SMILES string of the molecule is CCN(CC)C(=O)C1=C(C)N=c2s/c(=C/c3ccc(-c4ccc(C)c([N+](=O)[O-])c4)o3)c(=O)n2[C@H]1c1ccc(Cl)cc1. The number of allylic oxidation sites excluding steroid dienone is 1. The summed E-state index contributed by atoms with van der Waals surface area (Å²) in [6.45, 7) is 8.33. The van der Waals surface area contributed by atoms with Crippen LogP contribution in [-0.4, -0.2) is 33.4 Å². The molecule has 0 aliphatic carbocycles. The Morgan fingerprint density at radius 1 is 1.15 bits per heavy atom. The first-order valence-electron chi connectivity index (χ1n) is 13.1. The monoisotopic (exact) mass is 590 g/mol. The normalized spacial score (nSPS) is 15.0.